The number of nitrogens with zero attached hydrogens (tertiary/aromatic N) is 5. The van der Waals surface area contributed by atoms with Crippen molar-refractivity contribution in [1.82, 2.24) is 24.7 Å². The first-order valence-electron chi connectivity index (χ1n) is 6.26. The summed E-state index contributed by atoms with van der Waals surface area (Å²) in [6.07, 6.45) is 0. The maximum atomic E-state index is 13.0. The zero-order valence-electron chi connectivity index (χ0n) is 11.5. The van der Waals surface area contributed by atoms with Gasteiger partial charge in [-0.3, -0.25) is 0 Å². The van der Waals surface area contributed by atoms with Crippen LogP contribution in [-0.2, 0) is 5.75 Å². The van der Waals surface area contributed by atoms with Crippen molar-refractivity contribution in [3.05, 3.63) is 39.9 Å². The predicted molar refractivity (Wildman–Crippen MR) is 90.4 cm³/mol. The van der Waals surface area contributed by atoms with Crippen LogP contribution in [0.5, 0.6) is 0 Å². The molecule has 7 nitrogen and oxygen atoms in total. The Labute approximate surface area is 143 Å². The van der Waals surface area contributed by atoms with E-state index in [1.807, 2.05) is 0 Å². The van der Waals surface area contributed by atoms with Gasteiger partial charge in [0.25, 0.3) is 0 Å². The number of rotatable bonds is 4. The maximum Gasteiger partial charge on any atom is 0.225 e. The molecule has 0 aliphatic heterocycles. The van der Waals surface area contributed by atoms with E-state index in [4.69, 9.17) is 23.7 Å². The van der Waals surface area contributed by atoms with Gasteiger partial charge >= 0.3 is 0 Å². The van der Waals surface area contributed by atoms with Gasteiger partial charge in [-0.25, -0.2) is 9.07 Å². The van der Waals surface area contributed by atoms with E-state index in [-0.39, 0.29) is 17.7 Å². The highest BCUT2D eigenvalue weighted by atomic mass is 32.2. The van der Waals surface area contributed by atoms with Crippen LogP contribution >= 0.6 is 35.3 Å². The molecule has 0 radical (unpaired) electrons. The molecule has 0 unspecified atom stereocenters. The van der Waals surface area contributed by atoms with Crippen molar-refractivity contribution in [2.24, 2.45) is 0 Å². The average Bonchev–Trinajstić information content (AvgIpc) is 2.86. The molecular weight excluding hydrogens is 357 g/mol. The van der Waals surface area contributed by atoms with Gasteiger partial charge in [0, 0.05) is 0 Å². The van der Waals surface area contributed by atoms with E-state index in [2.05, 4.69) is 20.1 Å². The molecule has 23 heavy (non-hydrogen) atoms. The Morgan fingerprint density at radius 2 is 1.78 bits per heavy atom. The van der Waals surface area contributed by atoms with Gasteiger partial charge in [0.1, 0.15) is 11.6 Å². The van der Waals surface area contributed by atoms with E-state index in [0.717, 1.165) is 4.34 Å². The molecule has 0 amide bonds. The molecule has 0 atom stereocenters. The number of aromatic nitrogens is 5. The van der Waals surface area contributed by atoms with E-state index in [0.29, 0.717) is 21.2 Å². The van der Waals surface area contributed by atoms with E-state index in [1.54, 1.807) is 16.8 Å². The summed E-state index contributed by atoms with van der Waals surface area (Å²) in [4.78, 5) is 11.7. The van der Waals surface area contributed by atoms with Crippen molar-refractivity contribution < 1.29 is 4.39 Å². The molecule has 0 spiro atoms. The summed E-state index contributed by atoms with van der Waals surface area (Å²) in [6.45, 7) is 0. The Morgan fingerprint density at radius 1 is 1.13 bits per heavy atom. The van der Waals surface area contributed by atoms with Crippen LogP contribution in [0, 0.1) is 9.77 Å². The summed E-state index contributed by atoms with van der Waals surface area (Å²) in [5.74, 6) is 0.752. The monoisotopic (exact) mass is 367 g/mol. The Hall–Kier alpha value is -2.11. The third-order valence-electron chi connectivity index (χ3n) is 2.64. The largest absolute Gasteiger partial charge is 0.368 e. The summed E-state index contributed by atoms with van der Waals surface area (Å²) in [7, 11) is 0. The van der Waals surface area contributed by atoms with Crippen molar-refractivity contribution >= 4 is 47.2 Å². The van der Waals surface area contributed by atoms with E-state index >= 15 is 0 Å². The molecule has 3 aromatic rings. The fraction of sp³-hybridized carbons (Fsp3) is 0.0833. The third-order valence-corrected chi connectivity index (χ3v) is 5.00. The lowest BCUT2D eigenvalue weighted by Crippen LogP contribution is -2.05. The highest BCUT2D eigenvalue weighted by Gasteiger charge is 2.09. The highest BCUT2D eigenvalue weighted by Crippen LogP contribution is 2.26. The van der Waals surface area contributed by atoms with Crippen molar-refractivity contribution in [2.75, 3.05) is 11.5 Å². The van der Waals surface area contributed by atoms with Crippen molar-refractivity contribution in [1.29, 1.82) is 0 Å². The normalized spacial score (nSPS) is 10.8. The molecule has 0 aliphatic rings. The minimum atomic E-state index is -0.310. The van der Waals surface area contributed by atoms with Crippen molar-refractivity contribution in [3.63, 3.8) is 0 Å². The Morgan fingerprint density at radius 3 is 2.43 bits per heavy atom. The molecule has 4 N–H and O–H groups in total. The van der Waals surface area contributed by atoms with E-state index in [9.17, 15) is 4.39 Å². The SMILES string of the molecule is Nc1nc(N)nc(CSc2nn(-c3ccc(F)cc3)c(=S)s2)n1. The summed E-state index contributed by atoms with van der Waals surface area (Å²) in [5.41, 5.74) is 11.8. The zero-order valence-corrected chi connectivity index (χ0v) is 14.0. The number of thioether (sulfide) groups is 1. The Bertz CT molecular complexity index is 870. The number of nitrogen functional groups attached to an aromatic ring is 2. The standard InChI is InChI=1S/C12H10FN7S3/c13-6-1-3-7(4-2-6)20-12(21)23-11(19-20)22-5-8-16-9(14)18-10(15)17-8/h1-4H,5H2,(H4,14,15,16,17,18). The van der Waals surface area contributed by atoms with Crippen LogP contribution in [0.1, 0.15) is 5.82 Å². The van der Waals surface area contributed by atoms with Crippen LogP contribution < -0.4 is 11.5 Å². The topological polar surface area (TPSA) is 109 Å². The predicted octanol–water partition coefficient (Wildman–Crippen LogP) is 2.44. The summed E-state index contributed by atoms with van der Waals surface area (Å²) >= 11 is 8.04. The second-order valence-corrected chi connectivity index (χ2v) is 7.12. The number of nitrogens with two attached hydrogens (primary N) is 2. The maximum absolute atomic E-state index is 13.0. The average molecular weight is 367 g/mol. The fourth-order valence-electron chi connectivity index (χ4n) is 1.71. The lowest BCUT2D eigenvalue weighted by Gasteiger charge is -2.01. The van der Waals surface area contributed by atoms with Gasteiger partial charge in [0.15, 0.2) is 8.29 Å². The van der Waals surface area contributed by atoms with Gasteiger partial charge in [-0.2, -0.15) is 15.0 Å². The van der Waals surface area contributed by atoms with Gasteiger partial charge in [-0.15, -0.1) is 5.10 Å². The number of halogens is 1. The summed E-state index contributed by atoms with van der Waals surface area (Å²) in [6, 6.07) is 5.96. The molecule has 0 aliphatic carbocycles. The number of benzene rings is 1. The first kappa shape index (κ1) is 15.8. The van der Waals surface area contributed by atoms with Crippen molar-refractivity contribution in [2.45, 2.75) is 10.1 Å². The summed E-state index contributed by atoms with van der Waals surface area (Å²) < 4.78 is 15.9. The summed E-state index contributed by atoms with van der Waals surface area (Å²) in [5, 5.41) is 4.41. The lowest BCUT2D eigenvalue weighted by molar-refractivity contribution is 0.627. The molecule has 0 bridgehead atoms. The molecule has 0 fully saturated rings. The highest BCUT2D eigenvalue weighted by molar-refractivity contribution is 8.00. The second kappa shape index (κ2) is 6.56. The molecule has 1 aromatic carbocycles. The van der Waals surface area contributed by atoms with Crippen molar-refractivity contribution in [3.8, 4) is 5.69 Å². The van der Waals surface area contributed by atoms with Gasteiger partial charge in [0.05, 0.1) is 11.4 Å². The minimum Gasteiger partial charge on any atom is -0.368 e. The van der Waals surface area contributed by atoms with Gasteiger partial charge in [0.2, 0.25) is 11.9 Å². The van der Waals surface area contributed by atoms with Crippen LogP contribution in [0.25, 0.3) is 5.69 Å². The van der Waals surface area contributed by atoms with Gasteiger partial charge in [-0.05, 0) is 36.5 Å². The quantitative estimate of drug-likeness (QED) is 0.535. The first-order chi connectivity index (χ1) is 11.0. The molecule has 118 valence electrons. The number of hydrogen-bond acceptors (Lipinski definition) is 9. The van der Waals surface area contributed by atoms with Gasteiger partial charge < -0.3 is 11.5 Å². The van der Waals surface area contributed by atoms with Gasteiger partial charge in [-0.1, -0.05) is 23.1 Å². The van der Waals surface area contributed by atoms with Crippen LogP contribution in [0.4, 0.5) is 16.3 Å². The molecule has 11 heteroatoms. The molecule has 2 heterocycles. The number of anilines is 2. The Kier molecular flexibility index (Phi) is 4.50. The molecule has 3 rings (SSSR count). The molecule has 2 aromatic heterocycles. The van der Waals surface area contributed by atoms with Crippen LogP contribution in [-0.4, -0.2) is 24.7 Å². The zero-order chi connectivity index (χ0) is 16.4. The minimum absolute atomic E-state index is 0.0811. The lowest BCUT2D eigenvalue weighted by atomic mass is 10.3. The van der Waals surface area contributed by atoms with Crippen LogP contribution in [0.2, 0.25) is 0 Å². The number of hydrogen-bond donors (Lipinski definition) is 2. The second-order valence-electron chi connectivity index (χ2n) is 4.28. The van der Waals surface area contributed by atoms with E-state index < -0.39 is 0 Å². The Balaban J connectivity index is 1.78. The smallest absolute Gasteiger partial charge is 0.225 e. The molecule has 0 saturated carbocycles. The van der Waals surface area contributed by atoms with Crippen LogP contribution in [0.15, 0.2) is 28.6 Å². The first-order valence-corrected chi connectivity index (χ1v) is 8.47. The van der Waals surface area contributed by atoms with Crippen LogP contribution in [0.3, 0.4) is 0 Å². The molecule has 0 saturated heterocycles. The molecular formula is C12H10FN7S3. The third kappa shape index (κ3) is 3.81. The van der Waals surface area contributed by atoms with E-state index in [1.165, 1.54) is 35.2 Å². The fourth-order valence-corrected chi connectivity index (χ4v) is 3.93.